The van der Waals surface area contributed by atoms with Crippen LogP contribution >= 0.6 is 11.6 Å². The van der Waals surface area contributed by atoms with Gasteiger partial charge in [-0.1, -0.05) is 35.8 Å². The largest absolute Gasteiger partial charge is 0.479 e. The number of hydrogen-bond donors (Lipinski definition) is 2. The molecule has 0 spiro atoms. The number of aromatic nitrogens is 2. The highest BCUT2D eigenvalue weighted by molar-refractivity contribution is 6.30. The highest BCUT2D eigenvalue weighted by atomic mass is 35.5. The molecule has 0 aliphatic heterocycles. The van der Waals surface area contributed by atoms with Crippen molar-refractivity contribution in [2.24, 2.45) is 0 Å². The molecular weight excluding hydrogens is 462 g/mol. The fraction of sp³-hybridized carbons (Fsp3) is 0.292. The van der Waals surface area contributed by atoms with Crippen molar-refractivity contribution in [1.82, 2.24) is 15.6 Å². The van der Waals surface area contributed by atoms with Crippen molar-refractivity contribution in [3.63, 3.8) is 0 Å². The van der Waals surface area contributed by atoms with E-state index in [4.69, 9.17) is 30.4 Å². The standard InChI is InChI=1S/C24H26ClN3O6/c1-3-13-33-27-20(23-26-22(28-34-23)17-7-9-18(25)10-8-17)15-32-19-11-5-16(6-12-19)14-21(24(29)30)31-4-2/h5-12,15,21,27H,3-4,13-14H2,1-2H3,(H,29,30). The zero-order valence-corrected chi connectivity index (χ0v) is 19.6. The number of nitrogens with one attached hydrogen (secondary N) is 1. The predicted octanol–water partition coefficient (Wildman–Crippen LogP) is 4.73. The first-order chi connectivity index (χ1) is 16.5. The van der Waals surface area contributed by atoms with Gasteiger partial charge in [-0.3, -0.25) is 10.3 Å². The molecule has 9 nitrogen and oxygen atoms in total. The minimum atomic E-state index is -0.995. The number of halogens is 1. The topological polar surface area (TPSA) is 116 Å². The lowest BCUT2D eigenvalue weighted by Crippen LogP contribution is -2.26. The van der Waals surface area contributed by atoms with Gasteiger partial charge in [-0.15, -0.1) is 0 Å². The molecule has 0 saturated heterocycles. The Bertz CT molecular complexity index is 1080. The summed E-state index contributed by atoms with van der Waals surface area (Å²) in [5.74, 6) is 0.102. The number of carboxylic acids is 1. The normalized spacial score (nSPS) is 12.4. The number of carbonyl (C=O) groups is 1. The molecule has 0 fully saturated rings. The first kappa shape index (κ1) is 25.2. The summed E-state index contributed by atoms with van der Waals surface area (Å²) in [4.78, 5) is 21.1. The first-order valence-corrected chi connectivity index (χ1v) is 11.2. The second-order valence-electron chi connectivity index (χ2n) is 7.16. The van der Waals surface area contributed by atoms with Gasteiger partial charge in [0, 0.05) is 23.6 Å². The maximum Gasteiger partial charge on any atom is 0.333 e. The zero-order chi connectivity index (χ0) is 24.3. The lowest BCUT2D eigenvalue weighted by molar-refractivity contribution is -0.149. The Kier molecular flexibility index (Phi) is 9.45. The molecule has 2 N–H and O–H groups in total. The average Bonchev–Trinajstić information content (AvgIpc) is 3.32. The highest BCUT2D eigenvalue weighted by Gasteiger charge is 2.18. The molecule has 1 heterocycles. The van der Waals surface area contributed by atoms with E-state index in [2.05, 4.69) is 15.6 Å². The Morgan fingerprint density at radius 2 is 1.91 bits per heavy atom. The molecule has 3 aromatic rings. The van der Waals surface area contributed by atoms with Crippen molar-refractivity contribution in [3.8, 4) is 17.1 Å². The van der Waals surface area contributed by atoms with Gasteiger partial charge in [-0.25, -0.2) is 4.79 Å². The third-order valence-electron chi connectivity index (χ3n) is 4.55. The summed E-state index contributed by atoms with van der Waals surface area (Å²) in [6.45, 7) is 4.54. The van der Waals surface area contributed by atoms with E-state index in [0.717, 1.165) is 17.5 Å². The first-order valence-electron chi connectivity index (χ1n) is 10.8. The van der Waals surface area contributed by atoms with Crippen LogP contribution in [0, 0.1) is 0 Å². The van der Waals surface area contributed by atoms with E-state index < -0.39 is 12.1 Å². The van der Waals surface area contributed by atoms with E-state index in [1.54, 1.807) is 55.5 Å². The minimum absolute atomic E-state index is 0.179. The number of nitrogens with zero attached hydrogens (tertiary/aromatic N) is 2. The van der Waals surface area contributed by atoms with E-state index in [-0.39, 0.29) is 12.3 Å². The molecule has 0 saturated carbocycles. The molecule has 1 aromatic heterocycles. The summed E-state index contributed by atoms with van der Waals surface area (Å²) in [7, 11) is 0. The van der Waals surface area contributed by atoms with Crippen LogP contribution in [0.25, 0.3) is 17.1 Å². The van der Waals surface area contributed by atoms with Crippen molar-refractivity contribution in [2.45, 2.75) is 32.8 Å². The Hall–Kier alpha value is -3.40. The lowest BCUT2D eigenvalue weighted by Gasteiger charge is -2.12. The van der Waals surface area contributed by atoms with Crippen LogP contribution in [0.4, 0.5) is 0 Å². The molecule has 3 rings (SSSR count). The molecule has 1 unspecified atom stereocenters. The molecule has 10 heteroatoms. The molecule has 34 heavy (non-hydrogen) atoms. The van der Waals surface area contributed by atoms with Gasteiger partial charge in [0.2, 0.25) is 5.82 Å². The summed E-state index contributed by atoms with van der Waals surface area (Å²) >= 11 is 5.94. The third kappa shape index (κ3) is 7.31. The van der Waals surface area contributed by atoms with E-state index in [1.165, 1.54) is 6.26 Å². The highest BCUT2D eigenvalue weighted by Crippen LogP contribution is 2.21. The summed E-state index contributed by atoms with van der Waals surface area (Å²) < 4.78 is 16.4. The van der Waals surface area contributed by atoms with Crippen LogP contribution in [-0.2, 0) is 20.8 Å². The molecule has 0 bridgehead atoms. The smallest absolute Gasteiger partial charge is 0.333 e. The van der Waals surface area contributed by atoms with Crippen molar-refractivity contribution in [2.75, 3.05) is 13.2 Å². The van der Waals surface area contributed by atoms with Crippen LogP contribution < -0.4 is 10.2 Å². The Balaban J connectivity index is 1.72. The zero-order valence-electron chi connectivity index (χ0n) is 18.9. The van der Waals surface area contributed by atoms with Crippen LogP contribution in [0.2, 0.25) is 5.02 Å². The second-order valence-corrected chi connectivity index (χ2v) is 7.60. The number of ether oxygens (including phenoxy) is 2. The van der Waals surface area contributed by atoms with Crippen LogP contribution in [0.5, 0.6) is 5.75 Å². The van der Waals surface area contributed by atoms with Gasteiger partial charge >= 0.3 is 5.97 Å². The number of carboxylic acid groups (broad SMARTS) is 1. The van der Waals surface area contributed by atoms with Gasteiger partial charge in [-0.2, -0.15) is 4.98 Å². The summed E-state index contributed by atoms with van der Waals surface area (Å²) in [6, 6.07) is 14.1. The molecule has 0 radical (unpaired) electrons. The third-order valence-corrected chi connectivity index (χ3v) is 4.80. The maximum absolute atomic E-state index is 11.3. The van der Waals surface area contributed by atoms with Gasteiger partial charge in [-0.05, 0) is 55.3 Å². The van der Waals surface area contributed by atoms with E-state index >= 15 is 0 Å². The molecule has 2 aromatic carbocycles. The van der Waals surface area contributed by atoms with Gasteiger partial charge in [0.05, 0.1) is 6.61 Å². The number of hydroxylamine groups is 1. The van der Waals surface area contributed by atoms with Crippen LogP contribution in [0.1, 0.15) is 31.7 Å². The van der Waals surface area contributed by atoms with Gasteiger partial charge in [0.15, 0.2) is 11.8 Å². The SMILES string of the molecule is CCCONC(=COc1ccc(CC(OCC)C(=O)O)cc1)c1nc(-c2ccc(Cl)cc2)no1. The minimum Gasteiger partial charge on any atom is -0.479 e. The van der Waals surface area contributed by atoms with Crippen LogP contribution in [-0.4, -0.2) is 40.5 Å². The van der Waals surface area contributed by atoms with Crippen molar-refractivity contribution in [3.05, 3.63) is 71.3 Å². The van der Waals surface area contributed by atoms with Gasteiger partial charge < -0.3 is 19.1 Å². The predicted molar refractivity (Wildman–Crippen MR) is 126 cm³/mol. The molecular formula is C24H26ClN3O6. The Morgan fingerprint density at radius 3 is 2.56 bits per heavy atom. The second kappa shape index (κ2) is 12.7. The van der Waals surface area contributed by atoms with Gasteiger partial charge in [0.25, 0.3) is 5.89 Å². The molecule has 0 aliphatic rings. The molecule has 1 atom stereocenters. The number of benzene rings is 2. The molecule has 0 aliphatic carbocycles. The Labute approximate surface area is 202 Å². The summed E-state index contributed by atoms with van der Waals surface area (Å²) in [6.07, 6.45) is 1.58. The number of aliphatic carboxylic acids is 1. The monoisotopic (exact) mass is 487 g/mol. The van der Waals surface area contributed by atoms with Crippen LogP contribution in [0.3, 0.4) is 0 Å². The summed E-state index contributed by atoms with van der Waals surface area (Å²) in [5, 5.41) is 13.9. The fourth-order valence-electron chi connectivity index (χ4n) is 2.86. The molecule has 180 valence electrons. The van der Waals surface area contributed by atoms with Crippen molar-refractivity contribution < 1.29 is 28.7 Å². The molecule has 0 amide bonds. The number of hydrogen-bond acceptors (Lipinski definition) is 8. The van der Waals surface area contributed by atoms with Crippen molar-refractivity contribution in [1.29, 1.82) is 0 Å². The maximum atomic E-state index is 11.3. The average molecular weight is 488 g/mol. The lowest BCUT2D eigenvalue weighted by atomic mass is 10.1. The van der Waals surface area contributed by atoms with Crippen molar-refractivity contribution >= 4 is 23.3 Å². The Morgan fingerprint density at radius 1 is 1.18 bits per heavy atom. The van der Waals surface area contributed by atoms with Gasteiger partial charge in [0.1, 0.15) is 12.0 Å². The van der Waals surface area contributed by atoms with E-state index in [0.29, 0.717) is 35.5 Å². The van der Waals surface area contributed by atoms with E-state index in [1.807, 2.05) is 6.92 Å². The fourth-order valence-corrected chi connectivity index (χ4v) is 2.99. The van der Waals surface area contributed by atoms with Crippen LogP contribution in [0.15, 0.2) is 59.3 Å². The number of rotatable bonds is 13. The quantitative estimate of drug-likeness (QED) is 0.200. The van der Waals surface area contributed by atoms with E-state index in [9.17, 15) is 9.90 Å². The summed E-state index contributed by atoms with van der Waals surface area (Å²) in [5.41, 5.74) is 4.68.